The summed E-state index contributed by atoms with van der Waals surface area (Å²) in [5, 5.41) is 5.28. The Balaban J connectivity index is 1.48. The van der Waals surface area contributed by atoms with E-state index in [1.807, 2.05) is 36.4 Å². The Labute approximate surface area is 187 Å². The first-order valence-corrected chi connectivity index (χ1v) is 11.3. The van der Waals surface area contributed by atoms with Gasteiger partial charge in [0.15, 0.2) is 0 Å². The van der Waals surface area contributed by atoms with E-state index >= 15 is 0 Å². The summed E-state index contributed by atoms with van der Waals surface area (Å²) < 4.78 is 10.9. The molecule has 6 heteroatoms. The van der Waals surface area contributed by atoms with Crippen LogP contribution in [0.2, 0.25) is 5.02 Å². The number of fused-ring (bicyclic) bond motifs is 3. The van der Waals surface area contributed by atoms with Gasteiger partial charge < -0.3 is 19.8 Å². The van der Waals surface area contributed by atoms with E-state index in [1.54, 1.807) is 7.11 Å². The van der Waals surface area contributed by atoms with Crippen LogP contribution in [-0.4, -0.2) is 31.2 Å². The maximum Gasteiger partial charge on any atom is 0.231 e. The zero-order valence-corrected chi connectivity index (χ0v) is 18.4. The molecule has 2 heterocycles. The number of rotatable bonds is 4. The third kappa shape index (κ3) is 3.50. The summed E-state index contributed by atoms with van der Waals surface area (Å²) in [6.07, 6.45) is 4.29. The smallest absolute Gasteiger partial charge is 0.231 e. The normalized spacial score (nSPS) is 20.3. The van der Waals surface area contributed by atoms with Gasteiger partial charge in [-0.1, -0.05) is 35.9 Å². The summed E-state index contributed by atoms with van der Waals surface area (Å²) in [7, 11) is 1.65. The molecule has 0 unspecified atom stereocenters. The molecule has 162 valence electrons. The van der Waals surface area contributed by atoms with Gasteiger partial charge >= 0.3 is 0 Å². The highest BCUT2D eigenvalue weighted by atomic mass is 35.5. The first kappa shape index (κ1) is 20.4. The second-order valence-electron chi connectivity index (χ2n) is 8.52. The SMILES string of the molecule is COc1ccc(C2(C(=O)N[C@H]3CCCc4c3[nH]c3c(Cl)cccc43)CCOCC2)cc1. The van der Waals surface area contributed by atoms with E-state index in [-0.39, 0.29) is 11.9 Å². The van der Waals surface area contributed by atoms with E-state index in [4.69, 9.17) is 21.1 Å². The summed E-state index contributed by atoms with van der Waals surface area (Å²) in [6.45, 7) is 1.16. The average molecular weight is 439 g/mol. The molecule has 2 aromatic carbocycles. The number of benzene rings is 2. The van der Waals surface area contributed by atoms with Gasteiger partial charge in [0, 0.05) is 24.3 Å². The second-order valence-corrected chi connectivity index (χ2v) is 8.93. The minimum Gasteiger partial charge on any atom is -0.497 e. The Morgan fingerprint density at radius 2 is 1.97 bits per heavy atom. The molecule has 0 bridgehead atoms. The zero-order valence-electron chi connectivity index (χ0n) is 17.7. The second kappa shape index (κ2) is 8.21. The summed E-state index contributed by atoms with van der Waals surface area (Å²) in [6, 6.07) is 13.8. The number of carbonyl (C=O) groups is 1. The molecule has 1 saturated heterocycles. The minimum absolute atomic E-state index is 0.0438. The van der Waals surface area contributed by atoms with Gasteiger partial charge in [-0.25, -0.2) is 0 Å². The number of aromatic amines is 1. The molecular formula is C25H27ClN2O3. The highest BCUT2D eigenvalue weighted by Crippen LogP contribution is 2.40. The summed E-state index contributed by atoms with van der Waals surface area (Å²) >= 11 is 6.44. The van der Waals surface area contributed by atoms with Crippen LogP contribution in [0.1, 0.15) is 48.5 Å². The van der Waals surface area contributed by atoms with E-state index in [1.165, 1.54) is 5.56 Å². The predicted molar refractivity (Wildman–Crippen MR) is 122 cm³/mol. The van der Waals surface area contributed by atoms with Crippen LogP contribution in [0.5, 0.6) is 5.75 Å². The average Bonchev–Trinajstić information content (AvgIpc) is 3.21. The first-order chi connectivity index (χ1) is 15.1. The van der Waals surface area contributed by atoms with Crippen LogP contribution in [-0.2, 0) is 21.4 Å². The molecule has 1 aliphatic carbocycles. The fourth-order valence-electron chi connectivity index (χ4n) is 5.17. The molecule has 1 amide bonds. The van der Waals surface area contributed by atoms with Crippen molar-refractivity contribution in [3.8, 4) is 5.75 Å². The number of nitrogens with one attached hydrogen (secondary N) is 2. The Morgan fingerprint density at radius 1 is 1.19 bits per heavy atom. The van der Waals surface area contributed by atoms with Crippen LogP contribution in [0.3, 0.4) is 0 Å². The van der Waals surface area contributed by atoms with Gasteiger partial charge in [-0.2, -0.15) is 0 Å². The quantitative estimate of drug-likeness (QED) is 0.597. The van der Waals surface area contributed by atoms with Crippen molar-refractivity contribution in [1.29, 1.82) is 0 Å². The van der Waals surface area contributed by atoms with Crippen molar-refractivity contribution >= 4 is 28.4 Å². The van der Waals surface area contributed by atoms with Gasteiger partial charge in [-0.3, -0.25) is 4.79 Å². The number of ether oxygens (including phenoxy) is 2. The maximum atomic E-state index is 13.8. The summed E-state index contributed by atoms with van der Waals surface area (Å²) in [5.74, 6) is 0.863. The van der Waals surface area contributed by atoms with Crippen LogP contribution in [0.15, 0.2) is 42.5 Å². The predicted octanol–water partition coefficient (Wildman–Crippen LogP) is 5.07. The fraction of sp³-hybridized carbons (Fsp3) is 0.400. The van der Waals surface area contributed by atoms with Crippen LogP contribution in [0.25, 0.3) is 10.9 Å². The van der Waals surface area contributed by atoms with Crippen molar-refractivity contribution in [3.63, 3.8) is 0 Å². The number of hydrogen-bond acceptors (Lipinski definition) is 3. The Kier molecular flexibility index (Phi) is 5.40. The molecule has 3 aromatic rings. The fourth-order valence-corrected chi connectivity index (χ4v) is 5.39. The van der Waals surface area contributed by atoms with E-state index in [0.29, 0.717) is 26.1 Å². The lowest BCUT2D eigenvalue weighted by molar-refractivity contribution is -0.131. The lowest BCUT2D eigenvalue weighted by Gasteiger charge is -2.38. The largest absolute Gasteiger partial charge is 0.497 e. The van der Waals surface area contributed by atoms with Crippen molar-refractivity contribution in [2.24, 2.45) is 0 Å². The van der Waals surface area contributed by atoms with Crippen molar-refractivity contribution in [1.82, 2.24) is 10.3 Å². The van der Waals surface area contributed by atoms with Crippen LogP contribution in [0.4, 0.5) is 0 Å². The highest BCUT2D eigenvalue weighted by Gasteiger charge is 2.43. The lowest BCUT2D eigenvalue weighted by Crippen LogP contribution is -2.49. The molecule has 1 fully saturated rings. The number of aryl methyl sites for hydroxylation is 1. The third-order valence-corrected chi connectivity index (χ3v) is 7.24. The van der Waals surface area contributed by atoms with Crippen molar-refractivity contribution in [2.45, 2.75) is 43.6 Å². The molecule has 2 aliphatic rings. The third-order valence-electron chi connectivity index (χ3n) is 6.92. The molecule has 1 aliphatic heterocycles. The molecule has 5 nitrogen and oxygen atoms in total. The molecular weight excluding hydrogens is 412 g/mol. The minimum atomic E-state index is -0.591. The molecule has 31 heavy (non-hydrogen) atoms. The van der Waals surface area contributed by atoms with Crippen LogP contribution < -0.4 is 10.1 Å². The molecule has 5 rings (SSSR count). The van der Waals surface area contributed by atoms with Crippen molar-refractivity contribution in [2.75, 3.05) is 20.3 Å². The lowest BCUT2D eigenvalue weighted by atomic mass is 9.73. The topological polar surface area (TPSA) is 63.3 Å². The van der Waals surface area contributed by atoms with Crippen molar-refractivity contribution in [3.05, 3.63) is 64.3 Å². The molecule has 2 N–H and O–H groups in total. The van der Waals surface area contributed by atoms with Gasteiger partial charge in [0.1, 0.15) is 5.75 Å². The van der Waals surface area contributed by atoms with Gasteiger partial charge in [0.05, 0.1) is 29.1 Å². The first-order valence-electron chi connectivity index (χ1n) is 10.9. The number of para-hydroxylation sites is 1. The van der Waals surface area contributed by atoms with E-state index in [0.717, 1.165) is 52.2 Å². The van der Waals surface area contributed by atoms with Gasteiger partial charge in [-0.05, 0) is 61.4 Å². The number of aromatic nitrogens is 1. The van der Waals surface area contributed by atoms with Crippen LogP contribution in [0, 0.1) is 0 Å². The van der Waals surface area contributed by atoms with E-state index in [9.17, 15) is 4.79 Å². The standard InChI is InChI=1S/C25H27ClN2O3/c1-30-17-10-8-16(9-11-17)25(12-14-31-15-13-25)24(29)27-21-7-3-5-19-18-4-2-6-20(26)22(18)28-23(19)21/h2,4,6,8-11,21,28H,3,5,7,12-15H2,1H3,(H,27,29)/t21-/m0/s1. The van der Waals surface area contributed by atoms with Crippen LogP contribution >= 0.6 is 11.6 Å². The van der Waals surface area contributed by atoms with Crippen molar-refractivity contribution < 1.29 is 14.3 Å². The number of halogens is 1. The molecule has 1 aromatic heterocycles. The number of methoxy groups -OCH3 is 1. The summed E-state index contributed by atoms with van der Waals surface area (Å²) in [5.41, 5.74) is 3.77. The molecule has 0 saturated carbocycles. The zero-order chi connectivity index (χ0) is 21.4. The molecule has 0 spiro atoms. The molecule has 1 atom stereocenters. The van der Waals surface area contributed by atoms with E-state index < -0.39 is 5.41 Å². The Bertz CT molecular complexity index is 1100. The van der Waals surface area contributed by atoms with E-state index in [2.05, 4.69) is 16.4 Å². The number of carbonyl (C=O) groups excluding carboxylic acids is 1. The Morgan fingerprint density at radius 3 is 2.71 bits per heavy atom. The summed E-state index contributed by atoms with van der Waals surface area (Å²) in [4.78, 5) is 17.3. The monoisotopic (exact) mass is 438 g/mol. The highest BCUT2D eigenvalue weighted by molar-refractivity contribution is 6.35. The van der Waals surface area contributed by atoms with Gasteiger partial charge in [-0.15, -0.1) is 0 Å². The van der Waals surface area contributed by atoms with Gasteiger partial charge in [0.2, 0.25) is 5.91 Å². The maximum absolute atomic E-state index is 13.8. The number of amides is 1. The number of hydrogen-bond donors (Lipinski definition) is 2. The molecule has 0 radical (unpaired) electrons. The Hall–Kier alpha value is -2.50. The number of H-pyrrole nitrogens is 1. The van der Waals surface area contributed by atoms with Gasteiger partial charge in [0.25, 0.3) is 0 Å².